The maximum Gasteiger partial charge on any atom is 0.137 e. The van der Waals surface area contributed by atoms with E-state index in [2.05, 4.69) is 137 Å². The van der Waals surface area contributed by atoms with Gasteiger partial charge in [0.2, 0.25) is 0 Å². The van der Waals surface area contributed by atoms with Crippen LogP contribution in [0.5, 0.6) is 11.5 Å². The molecule has 7 heteroatoms. The molecule has 0 atom stereocenters. The van der Waals surface area contributed by atoms with E-state index in [1.165, 1.54) is 10.9 Å². The van der Waals surface area contributed by atoms with Crippen LogP contribution in [-0.2, 0) is 5.41 Å². The molecule has 1 aliphatic rings. The SMILES string of the molecule is CC(C)(C)c1ccnc(-n2c3ccccc3c3ccc(Oc4cccc(N5CN(c6ccc7c(c6)oc6ccccc67)c6cnccc65)c4)cc32)c1. The van der Waals surface area contributed by atoms with Crippen LogP contribution in [0.2, 0.25) is 0 Å². The molecule has 0 N–H and O–H groups in total. The Balaban J connectivity index is 0.997. The Morgan fingerprint density at radius 2 is 1.35 bits per heavy atom. The van der Waals surface area contributed by atoms with Crippen molar-refractivity contribution < 1.29 is 9.15 Å². The molecule has 10 rings (SSSR count). The lowest BCUT2D eigenvalue weighted by molar-refractivity contribution is 0.483. The van der Waals surface area contributed by atoms with Crippen molar-refractivity contribution in [2.24, 2.45) is 0 Å². The summed E-state index contributed by atoms with van der Waals surface area (Å²) in [7, 11) is 0. The van der Waals surface area contributed by atoms with Crippen molar-refractivity contribution in [2.75, 3.05) is 16.5 Å². The van der Waals surface area contributed by atoms with Crippen molar-refractivity contribution >= 4 is 66.5 Å². The molecule has 0 radical (unpaired) electrons. The smallest absolute Gasteiger partial charge is 0.137 e. The first-order valence-corrected chi connectivity index (χ1v) is 17.6. The molecule has 1 aliphatic heterocycles. The summed E-state index contributed by atoms with van der Waals surface area (Å²) in [5.74, 6) is 2.40. The highest BCUT2D eigenvalue weighted by Crippen LogP contribution is 2.45. The highest BCUT2D eigenvalue weighted by atomic mass is 16.5. The van der Waals surface area contributed by atoms with E-state index in [0.29, 0.717) is 6.67 Å². The average Bonchev–Trinajstić information content (AvgIpc) is 3.84. The zero-order valence-electron chi connectivity index (χ0n) is 29.1. The van der Waals surface area contributed by atoms with E-state index in [1.54, 1.807) is 0 Å². The first-order valence-electron chi connectivity index (χ1n) is 17.6. The van der Waals surface area contributed by atoms with Gasteiger partial charge in [0.25, 0.3) is 0 Å². The summed E-state index contributed by atoms with van der Waals surface area (Å²) in [6.07, 6.45) is 5.69. The molecule has 4 aromatic heterocycles. The van der Waals surface area contributed by atoms with Gasteiger partial charge in [-0.3, -0.25) is 9.55 Å². The Bertz CT molecular complexity index is 2830. The molecular weight excluding hydrogens is 643 g/mol. The number of aromatic nitrogens is 3. The third kappa shape index (κ3) is 4.88. The minimum absolute atomic E-state index is 0.00125. The number of pyridine rings is 2. The second kappa shape index (κ2) is 11.5. The summed E-state index contributed by atoms with van der Waals surface area (Å²) >= 11 is 0. The van der Waals surface area contributed by atoms with Crippen LogP contribution in [0.25, 0.3) is 49.6 Å². The molecule has 0 saturated heterocycles. The van der Waals surface area contributed by atoms with Gasteiger partial charge in [-0.1, -0.05) is 63.2 Å². The van der Waals surface area contributed by atoms with E-state index >= 15 is 0 Å². The fourth-order valence-electron chi connectivity index (χ4n) is 7.55. The van der Waals surface area contributed by atoms with Crippen LogP contribution in [0.3, 0.4) is 0 Å². The molecule has 252 valence electrons. The number of para-hydroxylation sites is 2. The van der Waals surface area contributed by atoms with Crippen molar-refractivity contribution in [3.05, 3.63) is 152 Å². The van der Waals surface area contributed by atoms with Gasteiger partial charge >= 0.3 is 0 Å². The maximum atomic E-state index is 6.63. The summed E-state index contributed by atoms with van der Waals surface area (Å²) in [6, 6.07) is 44.1. The fourth-order valence-corrected chi connectivity index (χ4v) is 7.55. The molecule has 0 aliphatic carbocycles. The number of nitrogens with zero attached hydrogens (tertiary/aromatic N) is 5. The zero-order chi connectivity index (χ0) is 35.0. The summed E-state index contributed by atoms with van der Waals surface area (Å²) in [6.45, 7) is 7.31. The van der Waals surface area contributed by atoms with Crippen molar-refractivity contribution in [2.45, 2.75) is 26.2 Å². The van der Waals surface area contributed by atoms with Crippen LogP contribution in [0, 0.1) is 0 Å². The number of ether oxygens (including phenoxy) is 1. The molecule has 0 fully saturated rings. The minimum atomic E-state index is 0.00125. The average molecular weight is 678 g/mol. The number of fused-ring (bicyclic) bond motifs is 7. The van der Waals surface area contributed by atoms with Gasteiger partial charge in [-0.2, -0.15) is 0 Å². The third-order valence-corrected chi connectivity index (χ3v) is 10.2. The first kappa shape index (κ1) is 30.2. The van der Waals surface area contributed by atoms with Crippen molar-refractivity contribution in [3.8, 4) is 17.3 Å². The Kier molecular flexibility index (Phi) is 6.67. The quantitative estimate of drug-likeness (QED) is 0.181. The molecule has 52 heavy (non-hydrogen) atoms. The lowest BCUT2D eigenvalue weighted by Crippen LogP contribution is -2.23. The van der Waals surface area contributed by atoms with Gasteiger partial charge in [0.1, 0.15) is 35.2 Å². The highest BCUT2D eigenvalue weighted by Gasteiger charge is 2.29. The topological polar surface area (TPSA) is 59.6 Å². The van der Waals surface area contributed by atoms with E-state index in [-0.39, 0.29) is 5.41 Å². The summed E-state index contributed by atoms with van der Waals surface area (Å²) in [5, 5.41) is 4.57. The molecular formula is C45H35N5O2. The summed E-state index contributed by atoms with van der Waals surface area (Å²) in [4.78, 5) is 13.9. The van der Waals surface area contributed by atoms with Gasteiger partial charge < -0.3 is 19.0 Å². The molecule has 7 nitrogen and oxygen atoms in total. The van der Waals surface area contributed by atoms with Gasteiger partial charge in [-0.05, 0) is 77.7 Å². The molecule has 9 aromatic rings. The maximum absolute atomic E-state index is 6.63. The minimum Gasteiger partial charge on any atom is -0.457 e. The normalized spacial score (nSPS) is 13.1. The van der Waals surface area contributed by atoms with E-state index in [0.717, 1.165) is 78.4 Å². The van der Waals surface area contributed by atoms with E-state index in [4.69, 9.17) is 14.1 Å². The van der Waals surface area contributed by atoms with Gasteiger partial charge in [-0.15, -0.1) is 0 Å². The van der Waals surface area contributed by atoms with Gasteiger partial charge in [-0.25, -0.2) is 4.98 Å². The van der Waals surface area contributed by atoms with E-state index < -0.39 is 0 Å². The first-order chi connectivity index (χ1) is 25.4. The van der Waals surface area contributed by atoms with Gasteiger partial charge in [0.05, 0.1) is 28.6 Å². The number of hydrogen-bond acceptors (Lipinski definition) is 6. The molecule has 0 amide bonds. The standard InChI is InChI=1S/C45H35N5O2/c1-45(2,3)29-19-22-47-44(23-29)50-38-13-6-4-11-34(38)35-18-16-33(26-40(35)50)51-32-10-8-9-30(24-32)48-28-49(41-27-46-21-20-39(41)48)31-15-17-37-36-12-5-7-14-42(36)52-43(37)25-31/h4-27H,28H2,1-3H3. The van der Waals surface area contributed by atoms with Crippen LogP contribution in [0.4, 0.5) is 22.7 Å². The van der Waals surface area contributed by atoms with Crippen molar-refractivity contribution in [3.63, 3.8) is 0 Å². The fraction of sp³-hybridized carbons (Fsp3) is 0.111. The molecule has 0 bridgehead atoms. The van der Waals surface area contributed by atoms with Crippen LogP contribution in [0.1, 0.15) is 26.3 Å². The van der Waals surface area contributed by atoms with Crippen LogP contribution in [-0.4, -0.2) is 21.2 Å². The number of hydrogen-bond donors (Lipinski definition) is 0. The second-order valence-corrected chi connectivity index (χ2v) is 14.4. The Hall–Kier alpha value is -6.60. The van der Waals surface area contributed by atoms with E-state index in [9.17, 15) is 0 Å². The van der Waals surface area contributed by atoms with Crippen LogP contribution in [0.15, 0.2) is 150 Å². The molecule has 5 heterocycles. The number of rotatable bonds is 5. The van der Waals surface area contributed by atoms with Crippen molar-refractivity contribution in [1.29, 1.82) is 0 Å². The number of furan rings is 1. The molecule has 0 unspecified atom stereocenters. The molecule has 0 spiro atoms. The second-order valence-electron chi connectivity index (χ2n) is 14.4. The monoisotopic (exact) mass is 677 g/mol. The molecule has 5 aromatic carbocycles. The highest BCUT2D eigenvalue weighted by molar-refractivity contribution is 6.09. The van der Waals surface area contributed by atoms with Crippen molar-refractivity contribution in [1.82, 2.24) is 14.5 Å². The summed E-state index contributed by atoms with van der Waals surface area (Å²) < 4.78 is 15.1. The number of anilines is 4. The predicted octanol–water partition coefficient (Wildman–Crippen LogP) is 11.8. The lowest BCUT2D eigenvalue weighted by atomic mass is 9.88. The van der Waals surface area contributed by atoms with Gasteiger partial charge in [0.15, 0.2) is 0 Å². The Morgan fingerprint density at radius 3 is 2.25 bits per heavy atom. The largest absolute Gasteiger partial charge is 0.457 e. The summed E-state index contributed by atoms with van der Waals surface area (Å²) in [5.41, 5.74) is 9.34. The van der Waals surface area contributed by atoms with Crippen LogP contribution < -0.4 is 14.5 Å². The third-order valence-electron chi connectivity index (χ3n) is 10.2. The van der Waals surface area contributed by atoms with Crippen LogP contribution >= 0.6 is 0 Å². The van der Waals surface area contributed by atoms with Gasteiger partial charge in [0, 0.05) is 63.5 Å². The lowest BCUT2D eigenvalue weighted by Gasteiger charge is -2.22. The molecule has 0 saturated carbocycles. The zero-order valence-corrected chi connectivity index (χ0v) is 29.1. The Labute approximate surface area is 300 Å². The Morgan fingerprint density at radius 1 is 0.596 bits per heavy atom. The van der Waals surface area contributed by atoms with E-state index in [1.807, 2.05) is 48.9 Å². The predicted molar refractivity (Wildman–Crippen MR) is 211 cm³/mol. The number of benzene rings is 5.